The van der Waals surface area contributed by atoms with Gasteiger partial charge in [-0.3, -0.25) is 4.57 Å². The molecule has 1 aromatic carbocycles. The van der Waals surface area contributed by atoms with Gasteiger partial charge in [-0.25, -0.2) is 15.0 Å². The van der Waals surface area contributed by atoms with Crippen LogP contribution in [0, 0.1) is 0 Å². The lowest BCUT2D eigenvalue weighted by Gasteiger charge is -2.16. The van der Waals surface area contributed by atoms with Crippen molar-refractivity contribution in [1.82, 2.24) is 19.5 Å². The molecule has 1 fully saturated rings. The van der Waals surface area contributed by atoms with Crippen LogP contribution in [0.4, 0.5) is 5.82 Å². The Balaban J connectivity index is 1.61. The van der Waals surface area contributed by atoms with Crippen LogP contribution < -0.4 is 5.32 Å². The van der Waals surface area contributed by atoms with Gasteiger partial charge >= 0.3 is 0 Å². The van der Waals surface area contributed by atoms with Gasteiger partial charge in [-0.2, -0.15) is 0 Å². The zero-order valence-electron chi connectivity index (χ0n) is 14.4. The molecule has 4 N–H and O–H groups in total. The van der Waals surface area contributed by atoms with Crippen LogP contribution in [0.1, 0.15) is 11.8 Å². The van der Waals surface area contributed by atoms with Crippen LogP contribution in [0.5, 0.6) is 0 Å². The Morgan fingerprint density at radius 1 is 1.14 bits per heavy atom. The van der Waals surface area contributed by atoms with Gasteiger partial charge in [0.2, 0.25) is 0 Å². The Morgan fingerprint density at radius 2 is 1.96 bits per heavy atom. The summed E-state index contributed by atoms with van der Waals surface area (Å²) in [6, 6.07) is 5.35. The molecule has 1 unspecified atom stereocenters. The van der Waals surface area contributed by atoms with Crippen LogP contribution >= 0.6 is 23.2 Å². The molecular formula is C17H17Cl2N5O4. The Kier molecular flexibility index (Phi) is 5.37. The maximum absolute atomic E-state index is 10.2. The summed E-state index contributed by atoms with van der Waals surface area (Å²) in [6.07, 6.45) is -1.46. The molecule has 4 atom stereocenters. The van der Waals surface area contributed by atoms with E-state index in [0.717, 1.165) is 5.56 Å². The number of aliphatic hydroxyl groups is 3. The maximum atomic E-state index is 10.2. The highest BCUT2D eigenvalue weighted by atomic mass is 35.5. The first kappa shape index (κ1) is 19.3. The molecule has 148 valence electrons. The summed E-state index contributed by atoms with van der Waals surface area (Å²) in [6.45, 7) is -0.0459. The third-order valence-electron chi connectivity index (χ3n) is 4.63. The molecule has 0 amide bonds. The van der Waals surface area contributed by atoms with E-state index in [-0.39, 0.29) is 0 Å². The second kappa shape index (κ2) is 7.78. The molecule has 28 heavy (non-hydrogen) atoms. The number of hydrogen-bond donors (Lipinski definition) is 4. The van der Waals surface area contributed by atoms with Crippen molar-refractivity contribution in [3.05, 3.63) is 46.5 Å². The number of aliphatic hydroxyl groups excluding tert-OH is 3. The van der Waals surface area contributed by atoms with E-state index < -0.39 is 31.1 Å². The number of fused-ring (bicyclic) bond motifs is 1. The number of anilines is 1. The Morgan fingerprint density at radius 3 is 2.71 bits per heavy atom. The predicted octanol–water partition coefficient (Wildman–Crippen LogP) is 1.36. The molecular weight excluding hydrogens is 409 g/mol. The van der Waals surface area contributed by atoms with Crippen molar-refractivity contribution in [2.75, 3.05) is 11.9 Å². The number of ether oxygens (including phenoxy) is 1. The topological polar surface area (TPSA) is 126 Å². The molecule has 4 rings (SSSR count). The van der Waals surface area contributed by atoms with Gasteiger partial charge in [0.15, 0.2) is 23.2 Å². The summed E-state index contributed by atoms with van der Waals surface area (Å²) in [5.74, 6) is 0.464. The molecule has 0 saturated carbocycles. The standard InChI is InChI=1S/C17H17Cl2N5O4/c18-9-3-1-2-8(11(9)19)4-20-15-12-16(22-6-21-15)24(7-23-12)17-14(27)13(26)10(5-25)28-17/h1-3,6-7,10,13-14,17,25-27H,4-5H2,(H,20,21,22)/t10-,13-,14-,17?/m1/s1. The number of aromatic nitrogens is 4. The van der Waals surface area contributed by atoms with Gasteiger partial charge in [-0.05, 0) is 11.6 Å². The third-order valence-corrected chi connectivity index (χ3v) is 5.49. The molecule has 0 bridgehead atoms. The lowest BCUT2D eigenvalue weighted by molar-refractivity contribution is -0.0511. The van der Waals surface area contributed by atoms with Crippen LogP contribution in [0.2, 0.25) is 10.0 Å². The van der Waals surface area contributed by atoms with Gasteiger partial charge in [0.05, 0.1) is 23.0 Å². The van der Waals surface area contributed by atoms with Crippen molar-refractivity contribution in [3.8, 4) is 0 Å². The average Bonchev–Trinajstić information content (AvgIpc) is 3.25. The highest BCUT2D eigenvalue weighted by Gasteiger charge is 2.44. The third kappa shape index (κ3) is 3.30. The molecule has 2 aromatic heterocycles. The SMILES string of the molecule is OC[C@H]1OC(n2cnc3c(NCc4cccc(Cl)c4Cl)ncnc32)[C@H](O)[C@@H]1O. The second-order valence-corrected chi connectivity index (χ2v) is 7.13. The van der Waals surface area contributed by atoms with Crippen LogP contribution in [-0.2, 0) is 11.3 Å². The Labute approximate surface area is 169 Å². The number of nitrogens with one attached hydrogen (secondary N) is 1. The van der Waals surface area contributed by atoms with Crippen LogP contribution in [0.25, 0.3) is 11.2 Å². The first-order valence-corrected chi connectivity index (χ1v) is 9.23. The lowest BCUT2D eigenvalue weighted by atomic mass is 10.1. The minimum Gasteiger partial charge on any atom is -0.394 e. The van der Waals surface area contributed by atoms with E-state index in [4.69, 9.17) is 27.9 Å². The smallest absolute Gasteiger partial charge is 0.167 e. The molecule has 0 aliphatic carbocycles. The Bertz CT molecular complexity index is 1000. The van der Waals surface area contributed by atoms with Crippen molar-refractivity contribution in [1.29, 1.82) is 0 Å². The van der Waals surface area contributed by atoms with E-state index in [1.54, 1.807) is 12.1 Å². The van der Waals surface area contributed by atoms with Crippen LogP contribution in [-0.4, -0.2) is 59.8 Å². The quantitative estimate of drug-likeness (QED) is 0.482. The predicted molar refractivity (Wildman–Crippen MR) is 102 cm³/mol. The summed E-state index contributed by atoms with van der Waals surface area (Å²) in [7, 11) is 0. The normalized spacial score (nSPS) is 24.8. The fraction of sp³-hybridized carbons (Fsp3) is 0.353. The van der Waals surface area contributed by atoms with E-state index in [9.17, 15) is 15.3 Å². The maximum Gasteiger partial charge on any atom is 0.167 e. The number of nitrogens with zero attached hydrogens (tertiary/aromatic N) is 4. The van der Waals surface area contributed by atoms with E-state index in [1.165, 1.54) is 17.2 Å². The zero-order chi connectivity index (χ0) is 19.8. The Hall–Kier alpha value is -2.01. The van der Waals surface area contributed by atoms with Crippen molar-refractivity contribution in [2.45, 2.75) is 31.1 Å². The lowest BCUT2D eigenvalue weighted by Crippen LogP contribution is -2.33. The zero-order valence-corrected chi connectivity index (χ0v) is 15.9. The monoisotopic (exact) mass is 425 g/mol. The summed E-state index contributed by atoms with van der Waals surface area (Å²) < 4.78 is 7.04. The van der Waals surface area contributed by atoms with E-state index in [1.807, 2.05) is 6.07 Å². The molecule has 0 spiro atoms. The number of halogens is 2. The van der Waals surface area contributed by atoms with Gasteiger partial charge in [-0.1, -0.05) is 35.3 Å². The first-order valence-electron chi connectivity index (χ1n) is 8.48. The van der Waals surface area contributed by atoms with Crippen molar-refractivity contribution >= 4 is 40.2 Å². The summed E-state index contributed by atoms with van der Waals surface area (Å²) >= 11 is 12.3. The van der Waals surface area contributed by atoms with Gasteiger partial charge in [0.1, 0.15) is 24.6 Å². The minimum absolute atomic E-state index is 0.367. The van der Waals surface area contributed by atoms with Crippen LogP contribution in [0.15, 0.2) is 30.9 Å². The van der Waals surface area contributed by atoms with Gasteiger partial charge in [0.25, 0.3) is 0 Å². The second-order valence-electron chi connectivity index (χ2n) is 6.34. The van der Waals surface area contributed by atoms with Gasteiger partial charge in [0, 0.05) is 6.54 Å². The summed E-state index contributed by atoms with van der Waals surface area (Å²) in [5, 5.41) is 33.6. The van der Waals surface area contributed by atoms with E-state index in [2.05, 4.69) is 20.3 Å². The van der Waals surface area contributed by atoms with E-state index >= 15 is 0 Å². The molecule has 3 aromatic rings. The van der Waals surface area contributed by atoms with Crippen molar-refractivity contribution in [3.63, 3.8) is 0 Å². The largest absolute Gasteiger partial charge is 0.394 e. The first-order chi connectivity index (χ1) is 13.5. The van der Waals surface area contributed by atoms with Gasteiger partial charge < -0.3 is 25.4 Å². The fourth-order valence-corrected chi connectivity index (χ4v) is 3.53. The molecule has 9 nitrogen and oxygen atoms in total. The number of imidazole rings is 1. The summed E-state index contributed by atoms with van der Waals surface area (Å²) in [4.78, 5) is 12.7. The highest BCUT2D eigenvalue weighted by Crippen LogP contribution is 2.32. The fourth-order valence-electron chi connectivity index (χ4n) is 3.14. The molecule has 1 aliphatic rings. The minimum atomic E-state index is -1.23. The van der Waals surface area contributed by atoms with Gasteiger partial charge in [-0.15, -0.1) is 0 Å². The summed E-state index contributed by atoms with van der Waals surface area (Å²) in [5.41, 5.74) is 1.66. The highest BCUT2D eigenvalue weighted by molar-refractivity contribution is 6.42. The molecule has 1 saturated heterocycles. The average molecular weight is 426 g/mol. The number of benzene rings is 1. The molecule has 11 heteroatoms. The molecule has 1 aliphatic heterocycles. The number of rotatable bonds is 5. The van der Waals surface area contributed by atoms with E-state index in [0.29, 0.717) is 33.6 Å². The number of hydrogen-bond acceptors (Lipinski definition) is 8. The van der Waals surface area contributed by atoms with Crippen LogP contribution in [0.3, 0.4) is 0 Å². The molecule has 3 heterocycles. The van der Waals surface area contributed by atoms with Crippen molar-refractivity contribution < 1.29 is 20.1 Å². The molecule has 0 radical (unpaired) electrons. The van der Waals surface area contributed by atoms with Crippen molar-refractivity contribution in [2.24, 2.45) is 0 Å².